The Bertz CT molecular complexity index is 835. The van der Waals surface area contributed by atoms with Crippen LogP contribution in [-0.2, 0) is 22.5 Å². The highest BCUT2D eigenvalue weighted by molar-refractivity contribution is 5.71. The molecule has 2 aromatic rings. The number of carbonyl (C=O) groups excluding carboxylic acids is 1. The molecule has 0 aliphatic rings. The first-order chi connectivity index (χ1) is 14.1. The average Bonchev–Trinajstić information content (AvgIpc) is 3.10. The number of methoxy groups -OCH3 is 1. The Labute approximate surface area is 172 Å². The van der Waals surface area contributed by atoms with Crippen molar-refractivity contribution < 1.29 is 18.7 Å². The predicted octanol–water partition coefficient (Wildman–Crippen LogP) is 4.24. The van der Waals surface area contributed by atoms with Crippen molar-refractivity contribution in [2.75, 3.05) is 20.3 Å². The molecule has 1 aromatic heterocycles. The highest BCUT2D eigenvalue weighted by atomic mass is 16.5. The maximum absolute atomic E-state index is 11.1. The summed E-state index contributed by atoms with van der Waals surface area (Å²) < 4.78 is 16.3. The van der Waals surface area contributed by atoms with Crippen molar-refractivity contribution in [2.45, 2.75) is 40.2 Å². The number of benzene rings is 1. The molecule has 2 rings (SSSR count). The molecule has 0 atom stereocenters. The van der Waals surface area contributed by atoms with Gasteiger partial charge in [0.1, 0.15) is 11.5 Å². The number of aromatic nitrogens is 1. The van der Waals surface area contributed by atoms with Crippen molar-refractivity contribution in [3.05, 3.63) is 65.4 Å². The standard InChI is InChI=1S/C23H30N2O4/c1-5-7-8-19(6-2)23-25-21(17(3)29-23)13-14-28-20-11-9-18(10-12-20)15-24-16-22(26)27-4/h5-7,9-12,24H,8,13-16H2,1-4H3/b7-5-,19-6+. The first-order valence-electron chi connectivity index (χ1n) is 9.79. The molecule has 0 aliphatic carbocycles. The molecule has 0 aliphatic heterocycles. The number of hydrogen-bond donors (Lipinski definition) is 1. The Morgan fingerprint density at radius 1 is 1.24 bits per heavy atom. The van der Waals surface area contributed by atoms with Crippen LogP contribution in [0.3, 0.4) is 0 Å². The third-order valence-electron chi connectivity index (χ3n) is 4.45. The molecule has 6 heteroatoms. The minimum absolute atomic E-state index is 0.192. The van der Waals surface area contributed by atoms with Crippen LogP contribution in [0.25, 0.3) is 5.57 Å². The molecule has 0 saturated carbocycles. The van der Waals surface area contributed by atoms with Crippen LogP contribution < -0.4 is 10.1 Å². The van der Waals surface area contributed by atoms with Crippen LogP contribution in [0.5, 0.6) is 5.75 Å². The van der Waals surface area contributed by atoms with Crippen LogP contribution in [0.15, 0.2) is 46.9 Å². The number of carbonyl (C=O) groups is 1. The first-order valence-corrected chi connectivity index (χ1v) is 9.79. The summed E-state index contributed by atoms with van der Waals surface area (Å²) in [7, 11) is 1.38. The molecular formula is C23H30N2O4. The Balaban J connectivity index is 1.83. The fraction of sp³-hybridized carbons (Fsp3) is 0.391. The summed E-state index contributed by atoms with van der Waals surface area (Å²) in [5.41, 5.74) is 3.07. The van der Waals surface area contributed by atoms with Crippen LogP contribution in [0, 0.1) is 6.92 Å². The predicted molar refractivity (Wildman–Crippen MR) is 114 cm³/mol. The van der Waals surface area contributed by atoms with Gasteiger partial charge < -0.3 is 19.2 Å². The highest BCUT2D eigenvalue weighted by Crippen LogP contribution is 2.22. The van der Waals surface area contributed by atoms with E-state index < -0.39 is 0 Å². The number of ether oxygens (including phenoxy) is 2. The van der Waals surface area contributed by atoms with Gasteiger partial charge in [0, 0.05) is 18.5 Å². The molecule has 0 fully saturated rings. The number of esters is 1. The van der Waals surface area contributed by atoms with Gasteiger partial charge in [0.25, 0.3) is 0 Å². The van der Waals surface area contributed by atoms with E-state index in [-0.39, 0.29) is 12.5 Å². The van der Waals surface area contributed by atoms with E-state index in [9.17, 15) is 4.79 Å². The van der Waals surface area contributed by atoms with Gasteiger partial charge in [0.2, 0.25) is 5.89 Å². The van der Waals surface area contributed by atoms with Gasteiger partial charge in [0.05, 0.1) is 26.0 Å². The fourth-order valence-electron chi connectivity index (χ4n) is 2.72. The summed E-state index contributed by atoms with van der Waals surface area (Å²) in [6.45, 7) is 7.24. The van der Waals surface area contributed by atoms with Gasteiger partial charge in [-0.15, -0.1) is 0 Å². The van der Waals surface area contributed by atoms with Gasteiger partial charge in [-0.05, 0) is 44.9 Å². The number of allylic oxidation sites excluding steroid dienone is 4. The number of oxazole rings is 1. The van der Waals surface area contributed by atoms with E-state index in [0.29, 0.717) is 25.5 Å². The van der Waals surface area contributed by atoms with Gasteiger partial charge in [0.15, 0.2) is 0 Å². The SMILES string of the molecule is C/C=C\C/C(=C\C)c1nc(CCOc2ccc(CNCC(=O)OC)cc2)c(C)o1. The lowest BCUT2D eigenvalue weighted by molar-refractivity contribution is -0.139. The Hall–Kier alpha value is -2.86. The molecule has 0 bridgehead atoms. The monoisotopic (exact) mass is 398 g/mol. The normalized spacial score (nSPS) is 11.8. The van der Waals surface area contributed by atoms with E-state index in [2.05, 4.69) is 21.1 Å². The average molecular weight is 399 g/mol. The molecular weight excluding hydrogens is 368 g/mol. The summed E-state index contributed by atoms with van der Waals surface area (Å²) in [5, 5.41) is 3.03. The maximum Gasteiger partial charge on any atom is 0.319 e. The van der Waals surface area contributed by atoms with Gasteiger partial charge in [-0.3, -0.25) is 4.79 Å². The summed E-state index contributed by atoms with van der Waals surface area (Å²) in [4.78, 5) is 15.7. The Kier molecular flexibility index (Phi) is 9.18. The highest BCUT2D eigenvalue weighted by Gasteiger charge is 2.12. The van der Waals surface area contributed by atoms with Crippen molar-refractivity contribution >= 4 is 11.5 Å². The third-order valence-corrected chi connectivity index (χ3v) is 4.45. The third kappa shape index (κ3) is 7.23. The molecule has 29 heavy (non-hydrogen) atoms. The van der Waals surface area contributed by atoms with Gasteiger partial charge in [-0.2, -0.15) is 0 Å². The van der Waals surface area contributed by atoms with E-state index in [4.69, 9.17) is 9.15 Å². The number of nitrogens with one attached hydrogen (secondary N) is 1. The molecule has 156 valence electrons. The van der Waals surface area contributed by atoms with Crippen LogP contribution in [-0.4, -0.2) is 31.2 Å². The lowest BCUT2D eigenvalue weighted by Gasteiger charge is -2.07. The van der Waals surface area contributed by atoms with Crippen LogP contribution in [0.4, 0.5) is 0 Å². The van der Waals surface area contributed by atoms with Gasteiger partial charge in [-0.25, -0.2) is 4.98 Å². The van der Waals surface area contributed by atoms with Crippen molar-refractivity contribution in [1.82, 2.24) is 10.3 Å². The van der Waals surface area contributed by atoms with E-state index in [0.717, 1.165) is 34.8 Å². The fourth-order valence-corrected chi connectivity index (χ4v) is 2.72. The molecule has 1 N–H and O–H groups in total. The first kappa shape index (κ1) is 22.4. The molecule has 0 radical (unpaired) electrons. The molecule has 6 nitrogen and oxygen atoms in total. The zero-order chi connectivity index (χ0) is 21.1. The number of hydrogen-bond acceptors (Lipinski definition) is 6. The summed E-state index contributed by atoms with van der Waals surface area (Å²) in [6.07, 6.45) is 7.63. The number of nitrogens with zero attached hydrogens (tertiary/aromatic N) is 1. The van der Waals surface area contributed by atoms with E-state index in [1.165, 1.54) is 7.11 Å². The quantitative estimate of drug-likeness (QED) is 0.451. The van der Waals surface area contributed by atoms with Crippen LogP contribution >= 0.6 is 0 Å². The minimum Gasteiger partial charge on any atom is -0.493 e. The smallest absolute Gasteiger partial charge is 0.319 e. The minimum atomic E-state index is -0.278. The molecule has 1 heterocycles. The Morgan fingerprint density at radius 3 is 2.66 bits per heavy atom. The summed E-state index contributed by atoms with van der Waals surface area (Å²) in [6, 6.07) is 7.79. The zero-order valence-electron chi connectivity index (χ0n) is 17.7. The maximum atomic E-state index is 11.1. The summed E-state index contributed by atoms with van der Waals surface area (Å²) in [5.74, 6) is 2.03. The summed E-state index contributed by atoms with van der Waals surface area (Å²) >= 11 is 0. The van der Waals surface area contributed by atoms with Gasteiger partial charge in [-0.1, -0.05) is 30.4 Å². The van der Waals surface area contributed by atoms with E-state index in [1.807, 2.05) is 57.2 Å². The lowest BCUT2D eigenvalue weighted by Crippen LogP contribution is -2.23. The second-order valence-electron chi connectivity index (χ2n) is 6.53. The van der Waals surface area contributed by atoms with Crippen LogP contribution in [0.1, 0.15) is 43.2 Å². The lowest BCUT2D eigenvalue weighted by atomic mass is 10.1. The molecule has 0 unspecified atom stereocenters. The van der Waals surface area contributed by atoms with E-state index in [1.54, 1.807) is 0 Å². The molecule has 1 aromatic carbocycles. The zero-order valence-corrected chi connectivity index (χ0v) is 17.7. The molecule has 0 saturated heterocycles. The van der Waals surface area contributed by atoms with E-state index >= 15 is 0 Å². The number of aryl methyl sites for hydroxylation is 1. The van der Waals surface area contributed by atoms with Crippen molar-refractivity contribution in [2.24, 2.45) is 0 Å². The molecule has 0 amide bonds. The second-order valence-corrected chi connectivity index (χ2v) is 6.53. The Morgan fingerprint density at radius 2 is 2.00 bits per heavy atom. The van der Waals surface area contributed by atoms with Gasteiger partial charge >= 0.3 is 5.97 Å². The number of rotatable bonds is 11. The van der Waals surface area contributed by atoms with Crippen molar-refractivity contribution in [3.63, 3.8) is 0 Å². The van der Waals surface area contributed by atoms with Crippen molar-refractivity contribution in [1.29, 1.82) is 0 Å². The topological polar surface area (TPSA) is 73.6 Å². The molecule has 0 spiro atoms. The van der Waals surface area contributed by atoms with Crippen molar-refractivity contribution in [3.8, 4) is 5.75 Å². The second kappa shape index (κ2) is 11.9. The van der Waals surface area contributed by atoms with Crippen LogP contribution in [0.2, 0.25) is 0 Å². The largest absolute Gasteiger partial charge is 0.493 e.